The van der Waals surface area contributed by atoms with Gasteiger partial charge >= 0.3 is 6.09 Å². The third-order valence-corrected chi connectivity index (χ3v) is 11.2. The zero-order valence-electron chi connectivity index (χ0n) is 32.6. The summed E-state index contributed by atoms with van der Waals surface area (Å²) in [5.41, 5.74) is 16.9. The van der Waals surface area contributed by atoms with Crippen molar-refractivity contribution in [3.63, 3.8) is 0 Å². The summed E-state index contributed by atoms with van der Waals surface area (Å²) in [4.78, 5) is 31.4. The molecule has 0 fully saturated rings. The Hall–Kier alpha value is -6.37. The second-order valence-electron chi connectivity index (χ2n) is 14.5. The monoisotopic (exact) mass is 809 g/mol. The average Bonchev–Trinajstić information content (AvgIpc) is 4.10. The van der Waals surface area contributed by atoms with E-state index >= 15 is 0 Å². The molecule has 0 unspecified atom stereocenters. The Labute approximate surface area is 351 Å². The summed E-state index contributed by atoms with van der Waals surface area (Å²) >= 11 is 0. The van der Waals surface area contributed by atoms with Gasteiger partial charge in [-0.1, -0.05) is 112 Å². The minimum Gasteiger partial charge on any atom is -0.448 e. The summed E-state index contributed by atoms with van der Waals surface area (Å²) in [6.07, 6.45) is 15.7. The van der Waals surface area contributed by atoms with Crippen LogP contribution >= 0.6 is 0 Å². The van der Waals surface area contributed by atoms with Crippen LogP contribution in [0.4, 0.5) is 10.5 Å². The van der Waals surface area contributed by atoms with Crippen molar-refractivity contribution in [1.29, 1.82) is 0 Å². The van der Waals surface area contributed by atoms with E-state index in [4.69, 9.17) is 14.7 Å². The Kier molecular flexibility index (Phi) is 11.0. The number of amides is 1. The van der Waals surface area contributed by atoms with Gasteiger partial charge in [-0.2, -0.15) is 0 Å². The van der Waals surface area contributed by atoms with Crippen LogP contribution in [0.5, 0.6) is 0 Å². The van der Waals surface area contributed by atoms with E-state index < -0.39 is 6.09 Å². The molecule has 2 aliphatic heterocycles. The van der Waals surface area contributed by atoms with Crippen molar-refractivity contribution >= 4 is 70.3 Å². The van der Waals surface area contributed by atoms with E-state index in [-0.39, 0.29) is 32.0 Å². The SMILES string of the molecule is C=Cc1c2nc(c(CCCCC)c3nc(c(C=C)c4ccc([nH]4)c(-c4ccccc4NC(=O)OCC4c5ccccc5-c5ccccc54)c4ccc1[nH]4)C=C3)C=C2.[Zn]. The maximum Gasteiger partial charge on any atom is 0.411 e. The Bertz CT molecular complexity index is 2670. The van der Waals surface area contributed by atoms with Crippen LogP contribution in [0.2, 0.25) is 0 Å². The van der Waals surface area contributed by atoms with Gasteiger partial charge in [0, 0.05) is 75.3 Å². The van der Waals surface area contributed by atoms with Crippen molar-refractivity contribution in [3.05, 3.63) is 161 Å². The number of H-pyrrole nitrogens is 2. The fourth-order valence-electron chi connectivity index (χ4n) is 8.39. The molecule has 3 aromatic heterocycles. The van der Waals surface area contributed by atoms with E-state index in [0.29, 0.717) is 5.69 Å². The van der Waals surface area contributed by atoms with E-state index in [2.05, 4.69) is 108 Å². The first kappa shape index (κ1) is 38.5. The number of aromatic nitrogens is 4. The van der Waals surface area contributed by atoms with Gasteiger partial charge in [-0.15, -0.1) is 0 Å². The fourth-order valence-corrected chi connectivity index (χ4v) is 8.39. The third-order valence-electron chi connectivity index (χ3n) is 11.2. The largest absolute Gasteiger partial charge is 0.448 e. The number of benzene rings is 3. The number of carbonyl (C=O) groups is 1. The number of rotatable bonds is 10. The summed E-state index contributed by atoms with van der Waals surface area (Å²) in [6, 6.07) is 32.7. The number of nitrogens with one attached hydrogen (secondary N) is 3. The van der Waals surface area contributed by atoms with Gasteiger partial charge in [-0.3, -0.25) is 5.32 Å². The maximum absolute atomic E-state index is 13.7. The summed E-state index contributed by atoms with van der Waals surface area (Å²) < 4.78 is 6.00. The van der Waals surface area contributed by atoms with Gasteiger partial charge in [0.1, 0.15) is 6.61 Å². The first-order valence-electron chi connectivity index (χ1n) is 19.7. The second kappa shape index (κ2) is 16.6. The van der Waals surface area contributed by atoms with Crippen molar-refractivity contribution in [2.45, 2.75) is 38.5 Å². The predicted molar refractivity (Wildman–Crippen MR) is 236 cm³/mol. The fraction of sp³-hybridized carbons (Fsp3) is 0.140. The molecule has 3 aliphatic rings. The average molecular weight is 811 g/mol. The van der Waals surface area contributed by atoms with Crippen LogP contribution in [0.25, 0.3) is 80.8 Å². The molecular formula is C50H43N5O2Zn. The molecule has 1 aliphatic carbocycles. The molecule has 58 heavy (non-hydrogen) atoms. The number of aromatic amines is 2. The maximum atomic E-state index is 13.7. The summed E-state index contributed by atoms with van der Waals surface area (Å²) in [6.45, 7) is 10.8. The number of nitrogens with zero attached hydrogens (tertiary/aromatic N) is 2. The summed E-state index contributed by atoms with van der Waals surface area (Å²) in [5.74, 6) is -0.0484. The Morgan fingerprint density at radius 2 is 1.17 bits per heavy atom. The van der Waals surface area contributed by atoms with Crippen LogP contribution in [0.15, 0.2) is 110 Å². The van der Waals surface area contributed by atoms with E-state index in [0.717, 1.165) is 109 Å². The molecule has 6 aromatic rings. The number of fused-ring (bicyclic) bond motifs is 11. The molecule has 0 saturated heterocycles. The van der Waals surface area contributed by atoms with Crippen LogP contribution < -0.4 is 5.32 Å². The Morgan fingerprint density at radius 1 is 0.672 bits per heavy atom. The van der Waals surface area contributed by atoms with Crippen molar-refractivity contribution in [3.8, 4) is 22.3 Å². The molecule has 0 saturated carbocycles. The minimum absolute atomic E-state index is 0. The number of unbranched alkanes of at least 4 members (excludes halogenated alkanes) is 2. The van der Waals surface area contributed by atoms with Gasteiger partial charge < -0.3 is 14.7 Å². The van der Waals surface area contributed by atoms with Crippen molar-refractivity contribution < 1.29 is 29.0 Å². The third kappa shape index (κ3) is 7.09. The summed E-state index contributed by atoms with van der Waals surface area (Å²) in [5, 5.41) is 3.09. The van der Waals surface area contributed by atoms with Crippen LogP contribution in [0, 0.1) is 0 Å². The molecule has 0 radical (unpaired) electrons. The Balaban J connectivity index is 0.00000469. The quantitative estimate of drug-likeness (QED) is 0.0947. The Morgan fingerprint density at radius 3 is 1.72 bits per heavy atom. The van der Waals surface area contributed by atoms with Crippen molar-refractivity contribution in [2.24, 2.45) is 0 Å². The second-order valence-corrected chi connectivity index (χ2v) is 14.5. The number of hydrogen-bond donors (Lipinski definition) is 3. The van der Waals surface area contributed by atoms with E-state index in [1.54, 1.807) is 0 Å². The van der Waals surface area contributed by atoms with Crippen LogP contribution in [-0.4, -0.2) is 32.6 Å². The van der Waals surface area contributed by atoms with Crippen LogP contribution in [-0.2, 0) is 30.6 Å². The van der Waals surface area contributed by atoms with Gasteiger partial charge in [-0.05, 0) is 89.7 Å². The molecule has 8 heteroatoms. The van der Waals surface area contributed by atoms with E-state index in [1.165, 1.54) is 11.1 Å². The molecule has 8 bridgehead atoms. The molecule has 5 heterocycles. The number of ether oxygens (including phenoxy) is 1. The van der Waals surface area contributed by atoms with Gasteiger partial charge in [0.25, 0.3) is 0 Å². The zero-order valence-corrected chi connectivity index (χ0v) is 35.6. The topological polar surface area (TPSA) is 95.7 Å². The molecule has 0 spiro atoms. The van der Waals surface area contributed by atoms with Gasteiger partial charge in [0.05, 0.1) is 28.5 Å². The van der Waals surface area contributed by atoms with Gasteiger partial charge in [0.2, 0.25) is 0 Å². The molecule has 0 atom stereocenters. The molecular weight excluding hydrogens is 768 g/mol. The molecule has 282 valence electrons. The first-order valence-corrected chi connectivity index (χ1v) is 19.7. The van der Waals surface area contributed by atoms with E-state index in [1.807, 2.05) is 60.7 Å². The first-order chi connectivity index (χ1) is 28.0. The van der Waals surface area contributed by atoms with Crippen molar-refractivity contribution in [2.75, 3.05) is 11.9 Å². The number of carbonyl (C=O) groups excluding carboxylic acids is 1. The number of para-hydroxylation sites is 1. The molecule has 3 aromatic carbocycles. The zero-order chi connectivity index (χ0) is 38.9. The van der Waals surface area contributed by atoms with Gasteiger partial charge in [0.15, 0.2) is 0 Å². The number of hydrogen-bond acceptors (Lipinski definition) is 4. The molecule has 7 nitrogen and oxygen atoms in total. The van der Waals surface area contributed by atoms with Crippen LogP contribution in [0.1, 0.15) is 82.7 Å². The minimum atomic E-state index is -0.524. The normalized spacial score (nSPS) is 12.4. The van der Waals surface area contributed by atoms with Crippen molar-refractivity contribution in [1.82, 2.24) is 19.9 Å². The predicted octanol–water partition coefficient (Wildman–Crippen LogP) is 12.7. The van der Waals surface area contributed by atoms with Gasteiger partial charge in [-0.25, -0.2) is 14.8 Å². The molecule has 9 rings (SSSR count). The molecule has 3 N–H and O–H groups in total. The smallest absolute Gasteiger partial charge is 0.411 e. The van der Waals surface area contributed by atoms with Crippen LogP contribution in [0.3, 0.4) is 0 Å². The molecule has 1 amide bonds. The number of anilines is 1. The standard InChI is InChI=1S/C50H43N5O2.Zn/c1-4-7-8-19-37-45-24-22-41(51-45)31(5-2)43-26-28-47(53-43)49(48-29-27-44(54-48)32(6-3)42-23-25-46(37)52-42)38-20-13-14-21-40(38)55-50(56)57-30-39-35-17-11-9-15-33(35)34-16-10-12-18-36(34)39;/h5-6,9-18,20-29,39,53-54H,2-4,7-8,19,30H2,1H3,(H,55,56);. The van der Waals surface area contributed by atoms with E-state index in [9.17, 15) is 4.79 Å². The summed E-state index contributed by atoms with van der Waals surface area (Å²) in [7, 11) is 0.